The highest BCUT2D eigenvalue weighted by Crippen LogP contribution is 2.35. The molecule has 2 atom stereocenters. The standard InChI is InChI=1S/C36H38F3N7O6/c1-7-11-36(38,39)27-19-52-15-14-45(27)22-16-20(3)28(24(37)18-22)32(47)43-25(34(49)51-6)17-21-9-10-26(29(40-4)23(21)8-2)46-33(48)30-31(42-13-12-41-30)44(5)35(46)50/h8-10,12-13,16,18,25,27H,2,4,7,11,14-15,17,19H2,1,3,5-6H3,(H,43,47). The second-order valence-electron chi connectivity index (χ2n) is 12.2. The maximum Gasteiger partial charge on any atom is 0.337 e. The van der Waals surface area contributed by atoms with Crippen molar-refractivity contribution in [2.45, 2.75) is 51.1 Å². The van der Waals surface area contributed by atoms with E-state index in [1.165, 1.54) is 55.5 Å². The Balaban J connectivity index is 1.48. The molecule has 52 heavy (non-hydrogen) atoms. The van der Waals surface area contributed by atoms with Crippen LogP contribution in [0.4, 0.5) is 24.5 Å². The fraction of sp³-hybridized carbons (Fsp3) is 0.361. The van der Waals surface area contributed by atoms with Crippen LogP contribution < -0.4 is 21.5 Å². The van der Waals surface area contributed by atoms with E-state index in [-0.39, 0.29) is 83.9 Å². The third-order valence-corrected chi connectivity index (χ3v) is 9.01. The molecule has 2 aromatic heterocycles. The molecule has 1 N–H and O–H groups in total. The van der Waals surface area contributed by atoms with Crippen LogP contribution in [-0.2, 0) is 27.7 Å². The average molecular weight is 722 g/mol. The minimum Gasteiger partial charge on any atom is -0.467 e. The van der Waals surface area contributed by atoms with Crippen LogP contribution in [-0.4, -0.2) is 82.6 Å². The number of anilines is 1. The molecule has 274 valence electrons. The SMILES string of the molecule is C=Cc1c(CC(NC(=O)c2c(C)cc(N3CCOCC3C(F)(F)CCC)cc2F)C(=O)OC)ccc(-n2c(=O)c3nccnc3n(C)c2=O)c1N=C. The normalized spacial score (nSPS) is 15.3. The molecule has 16 heteroatoms. The van der Waals surface area contributed by atoms with Gasteiger partial charge in [0.05, 0.1) is 37.3 Å². The molecule has 0 aliphatic carbocycles. The van der Waals surface area contributed by atoms with Crippen molar-refractivity contribution in [1.29, 1.82) is 0 Å². The summed E-state index contributed by atoms with van der Waals surface area (Å²) in [4.78, 5) is 67.0. The zero-order valence-electron chi connectivity index (χ0n) is 29.1. The lowest BCUT2D eigenvalue weighted by atomic mass is 9.96. The highest BCUT2D eigenvalue weighted by Gasteiger charge is 2.44. The van der Waals surface area contributed by atoms with Crippen LogP contribution in [0.2, 0.25) is 0 Å². The molecule has 0 bridgehead atoms. The lowest BCUT2D eigenvalue weighted by Crippen LogP contribution is -2.55. The summed E-state index contributed by atoms with van der Waals surface area (Å²) < 4.78 is 58.1. The Labute approximate surface area is 296 Å². The number of morpholine rings is 1. The Morgan fingerprint density at radius 3 is 2.62 bits per heavy atom. The van der Waals surface area contributed by atoms with E-state index in [9.17, 15) is 19.2 Å². The smallest absolute Gasteiger partial charge is 0.337 e. The number of carbonyl (C=O) groups is 2. The number of amides is 1. The van der Waals surface area contributed by atoms with Crippen molar-refractivity contribution in [2.75, 3.05) is 31.8 Å². The van der Waals surface area contributed by atoms with Crippen LogP contribution in [0.25, 0.3) is 22.9 Å². The Hall–Kier alpha value is -5.64. The first-order valence-corrected chi connectivity index (χ1v) is 16.4. The molecule has 1 aliphatic heterocycles. The van der Waals surface area contributed by atoms with Crippen molar-refractivity contribution in [3.05, 3.63) is 92.1 Å². The van der Waals surface area contributed by atoms with Gasteiger partial charge in [0.25, 0.3) is 17.4 Å². The van der Waals surface area contributed by atoms with Crippen LogP contribution in [0.5, 0.6) is 0 Å². The Morgan fingerprint density at radius 1 is 1.23 bits per heavy atom. The first-order valence-electron chi connectivity index (χ1n) is 16.4. The molecular weight excluding hydrogens is 683 g/mol. The van der Waals surface area contributed by atoms with Crippen LogP contribution >= 0.6 is 0 Å². The van der Waals surface area contributed by atoms with E-state index in [0.717, 1.165) is 22.3 Å². The number of nitrogens with zero attached hydrogens (tertiary/aromatic N) is 6. The van der Waals surface area contributed by atoms with Gasteiger partial charge in [-0.05, 0) is 43.0 Å². The molecule has 1 saturated heterocycles. The van der Waals surface area contributed by atoms with Crippen LogP contribution in [0.1, 0.15) is 46.8 Å². The summed E-state index contributed by atoms with van der Waals surface area (Å²) in [6, 6.07) is 2.74. The Bertz CT molecular complexity index is 2160. The topological polar surface area (TPSA) is 150 Å². The molecule has 4 aromatic rings. The van der Waals surface area contributed by atoms with Crippen LogP contribution in [0, 0.1) is 12.7 Å². The second-order valence-corrected chi connectivity index (χ2v) is 12.2. The van der Waals surface area contributed by atoms with E-state index in [0.29, 0.717) is 5.56 Å². The molecule has 13 nitrogen and oxygen atoms in total. The molecule has 0 saturated carbocycles. The predicted molar refractivity (Wildman–Crippen MR) is 190 cm³/mol. The number of nitrogens with one attached hydrogen (secondary N) is 1. The van der Waals surface area contributed by atoms with E-state index in [2.05, 4.69) is 33.6 Å². The Morgan fingerprint density at radius 2 is 1.96 bits per heavy atom. The zero-order valence-corrected chi connectivity index (χ0v) is 29.1. The molecule has 1 amide bonds. The number of benzene rings is 2. The highest BCUT2D eigenvalue weighted by atomic mass is 19.3. The van der Waals surface area contributed by atoms with Crippen LogP contribution in [0.15, 0.2) is 57.8 Å². The van der Waals surface area contributed by atoms with Gasteiger partial charge in [-0.1, -0.05) is 32.1 Å². The van der Waals surface area contributed by atoms with E-state index >= 15 is 13.2 Å². The van der Waals surface area contributed by atoms with Crippen molar-refractivity contribution in [1.82, 2.24) is 24.4 Å². The van der Waals surface area contributed by atoms with Gasteiger partial charge in [-0.25, -0.2) is 37.3 Å². The summed E-state index contributed by atoms with van der Waals surface area (Å²) in [6.45, 7) is 10.6. The Kier molecular flexibility index (Phi) is 11.1. The van der Waals surface area contributed by atoms with Gasteiger partial charge in [-0.3, -0.25) is 19.1 Å². The molecule has 0 spiro atoms. The number of ether oxygens (including phenoxy) is 2. The fourth-order valence-corrected chi connectivity index (χ4v) is 6.49. The third-order valence-electron chi connectivity index (χ3n) is 9.01. The van der Waals surface area contributed by atoms with Gasteiger partial charge in [0.2, 0.25) is 0 Å². The number of methoxy groups -OCH3 is 1. The highest BCUT2D eigenvalue weighted by molar-refractivity contribution is 5.98. The van der Waals surface area contributed by atoms with Crippen LogP contribution in [0.3, 0.4) is 0 Å². The minimum absolute atomic E-state index is 0.0539. The number of aryl methyl sites for hydroxylation is 2. The van der Waals surface area contributed by atoms with Crippen molar-refractivity contribution < 1.29 is 32.2 Å². The van der Waals surface area contributed by atoms with E-state index < -0.39 is 46.9 Å². The van der Waals surface area contributed by atoms with Gasteiger partial charge in [0.1, 0.15) is 17.9 Å². The molecular formula is C36H38F3N7O6. The molecule has 2 aromatic carbocycles. The van der Waals surface area contributed by atoms with E-state index in [1.807, 2.05) is 0 Å². The first kappa shape index (κ1) is 37.6. The third kappa shape index (κ3) is 6.97. The van der Waals surface area contributed by atoms with Gasteiger partial charge in [-0.2, -0.15) is 0 Å². The van der Waals surface area contributed by atoms with E-state index in [4.69, 9.17) is 9.47 Å². The quantitative estimate of drug-likeness (QED) is 0.169. The molecule has 2 unspecified atom stereocenters. The number of halogens is 3. The molecule has 0 radical (unpaired) electrons. The number of aromatic nitrogens is 4. The number of esters is 1. The lowest BCUT2D eigenvalue weighted by molar-refractivity contribution is -0.142. The number of alkyl halides is 2. The summed E-state index contributed by atoms with van der Waals surface area (Å²) in [6.07, 6.45) is 3.73. The number of hydrogen-bond donors (Lipinski definition) is 1. The average Bonchev–Trinajstić information content (AvgIpc) is 3.13. The summed E-state index contributed by atoms with van der Waals surface area (Å²) >= 11 is 0. The summed E-state index contributed by atoms with van der Waals surface area (Å²) in [5, 5.41) is 2.53. The molecule has 5 rings (SSSR count). The van der Waals surface area contributed by atoms with Gasteiger partial charge in [0, 0.05) is 50.1 Å². The zero-order chi connectivity index (χ0) is 37.9. The maximum atomic E-state index is 15.7. The maximum absolute atomic E-state index is 15.7. The number of hydrogen-bond acceptors (Lipinski definition) is 10. The first-order chi connectivity index (χ1) is 24.8. The van der Waals surface area contributed by atoms with Crippen molar-refractivity contribution in [2.24, 2.45) is 12.0 Å². The summed E-state index contributed by atoms with van der Waals surface area (Å²) in [5.74, 6) is -5.87. The monoisotopic (exact) mass is 721 g/mol. The summed E-state index contributed by atoms with van der Waals surface area (Å²) in [5.41, 5.74) is -0.706. The number of fused-ring (bicyclic) bond motifs is 1. The van der Waals surface area contributed by atoms with Gasteiger partial charge in [0.15, 0.2) is 11.2 Å². The number of aliphatic imine (C=N–C) groups is 1. The fourth-order valence-electron chi connectivity index (χ4n) is 6.49. The van der Waals surface area contributed by atoms with Gasteiger partial charge >= 0.3 is 11.7 Å². The molecule has 1 fully saturated rings. The van der Waals surface area contributed by atoms with Crippen molar-refractivity contribution in [3.63, 3.8) is 0 Å². The van der Waals surface area contributed by atoms with E-state index in [1.54, 1.807) is 6.92 Å². The largest absolute Gasteiger partial charge is 0.467 e. The van der Waals surface area contributed by atoms with Gasteiger partial charge in [-0.15, -0.1) is 0 Å². The van der Waals surface area contributed by atoms with Gasteiger partial charge < -0.3 is 19.7 Å². The lowest BCUT2D eigenvalue weighted by Gasteiger charge is -2.41. The number of carbonyl (C=O) groups excluding carboxylic acids is 2. The predicted octanol–water partition coefficient (Wildman–Crippen LogP) is 4.06. The second kappa shape index (κ2) is 15.3. The molecule has 1 aliphatic rings. The van der Waals surface area contributed by atoms with Crippen molar-refractivity contribution >= 4 is 47.2 Å². The molecule has 3 heterocycles. The minimum atomic E-state index is -3.10. The summed E-state index contributed by atoms with van der Waals surface area (Å²) in [7, 11) is 2.56. The van der Waals surface area contributed by atoms with Crippen molar-refractivity contribution in [3.8, 4) is 5.69 Å². The number of rotatable bonds is 12.